The van der Waals surface area contributed by atoms with Crippen LogP contribution in [0.15, 0.2) is 34.2 Å². The molecule has 0 radical (unpaired) electrons. The van der Waals surface area contributed by atoms with Crippen LogP contribution < -0.4 is 5.32 Å². The first kappa shape index (κ1) is 13.0. The first-order valence-electron chi connectivity index (χ1n) is 5.21. The van der Waals surface area contributed by atoms with Crippen molar-refractivity contribution in [2.24, 2.45) is 0 Å². The number of carbonyl (C=O) groups is 1. The van der Waals surface area contributed by atoms with Crippen molar-refractivity contribution >= 4 is 39.1 Å². The summed E-state index contributed by atoms with van der Waals surface area (Å²) in [5.74, 6) is 0.139. The van der Waals surface area contributed by atoms with Crippen LogP contribution in [0, 0.1) is 0 Å². The van der Waals surface area contributed by atoms with Crippen molar-refractivity contribution in [1.82, 2.24) is 4.98 Å². The van der Waals surface area contributed by atoms with Gasteiger partial charge >= 0.3 is 5.97 Å². The molecule has 2 aromatic heterocycles. The number of anilines is 1. The minimum atomic E-state index is -0.393. The number of nitrogens with one attached hydrogen (secondary N) is 1. The molecule has 0 aromatic carbocycles. The Morgan fingerprint density at radius 2 is 2.39 bits per heavy atom. The molecule has 4 nitrogen and oxygen atoms in total. The van der Waals surface area contributed by atoms with E-state index in [2.05, 4.69) is 26.2 Å². The van der Waals surface area contributed by atoms with Gasteiger partial charge in [-0.2, -0.15) is 0 Å². The number of halogens is 1. The number of nitrogens with zero attached hydrogens (tertiary/aromatic N) is 1. The van der Waals surface area contributed by atoms with E-state index >= 15 is 0 Å². The molecular weight excluding hydrogens is 316 g/mol. The number of pyridine rings is 1. The van der Waals surface area contributed by atoms with Crippen LogP contribution in [0.25, 0.3) is 0 Å². The Kier molecular flexibility index (Phi) is 4.33. The monoisotopic (exact) mass is 326 g/mol. The molecule has 0 bridgehead atoms. The Morgan fingerprint density at radius 3 is 3.06 bits per heavy atom. The lowest BCUT2D eigenvalue weighted by Gasteiger charge is -2.08. The van der Waals surface area contributed by atoms with Crippen LogP contribution in [0.5, 0.6) is 0 Å². The van der Waals surface area contributed by atoms with Gasteiger partial charge in [-0.15, -0.1) is 11.3 Å². The Labute approximate surface area is 117 Å². The molecule has 2 aromatic rings. The summed E-state index contributed by atoms with van der Waals surface area (Å²) in [6.45, 7) is 0.610. The highest BCUT2D eigenvalue weighted by Crippen LogP contribution is 2.24. The molecule has 0 aliphatic rings. The predicted octanol–water partition coefficient (Wildman–Crippen LogP) is 3.30. The number of esters is 1. The van der Waals surface area contributed by atoms with Crippen molar-refractivity contribution in [3.8, 4) is 0 Å². The molecule has 0 unspecified atom stereocenters. The van der Waals surface area contributed by atoms with Crippen LogP contribution in [0.3, 0.4) is 0 Å². The zero-order valence-corrected chi connectivity index (χ0v) is 12.0. The van der Waals surface area contributed by atoms with E-state index in [-0.39, 0.29) is 0 Å². The second kappa shape index (κ2) is 5.97. The van der Waals surface area contributed by atoms with Gasteiger partial charge in [0.2, 0.25) is 0 Å². The molecule has 0 saturated carbocycles. The molecule has 0 atom stereocenters. The van der Waals surface area contributed by atoms with Crippen molar-refractivity contribution < 1.29 is 9.53 Å². The molecule has 0 fully saturated rings. The maximum atomic E-state index is 11.6. The zero-order chi connectivity index (χ0) is 13.0. The molecule has 18 heavy (non-hydrogen) atoms. The molecule has 0 saturated heterocycles. The summed E-state index contributed by atoms with van der Waals surface area (Å²) in [5.41, 5.74) is 0.438. The summed E-state index contributed by atoms with van der Waals surface area (Å²) in [4.78, 5) is 16.9. The lowest BCUT2D eigenvalue weighted by Crippen LogP contribution is -2.09. The van der Waals surface area contributed by atoms with Crippen LogP contribution in [0.1, 0.15) is 15.2 Å². The lowest BCUT2D eigenvalue weighted by molar-refractivity contribution is 0.0601. The van der Waals surface area contributed by atoms with Crippen LogP contribution in [-0.2, 0) is 11.3 Å². The molecule has 0 aliphatic carbocycles. The van der Waals surface area contributed by atoms with Crippen LogP contribution in [0.4, 0.5) is 5.82 Å². The number of aromatic nitrogens is 1. The van der Waals surface area contributed by atoms with Gasteiger partial charge in [-0.25, -0.2) is 9.78 Å². The molecule has 1 N–H and O–H groups in total. The largest absolute Gasteiger partial charge is 0.465 e. The standard InChI is InChI=1S/C12H11BrN2O2S/c1-17-12(16)8-3-2-5-14-11(8)15-7-10-9(13)4-6-18-10/h2-6H,7H2,1H3,(H,14,15). The van der Waals surface area contributed by atoms with Crippen LogP contribution in [-0.4, -0.2) is 18.1 Å². The Hall–Kier alpha value is -1.40. The fourth-order valence-corrected chi connectivity index (χ4v) is 2.87. The van der Waals surface area contributed by atoms with Gasteiger partial charge in [-0.1, -0.05) is 0 Å². The molecule has 0 amide bonds. The summed E-state index contributed by atoms with van der Waals surface area (Å²) in [5, 5.41) is 5.14. The van der Waals surface area contributed by atoms with Crippen molar-refractivity contribution in [3.05, 3.63) is 44.7 Å². The first-order chi connectivity index (χ1) is 8.72. The average Bonchev–Trinajstić information content (AvgIpc) is 2.81. The predicted molar refractivity (Wildman–Crippen MR) is 74.9 cm³/mol. The average molecular weight is 327 g/mol. The zero-order valence-electron chi connectivity index (χ0n) is 9.64. The maximum Gasteiger partial charge on any atom is 0.341 e. The summed E-state index contributed by atoms with van der Waals surface area (Å²) in [6, 6.07) is 5.38. The van der Waals surface area contributed by atoms with Gasteiger partial charge < -0.3 is 10.1 Å². The summed E-state index contributed by atoms with van der Waals surface area (Å²) < 4.78 is 5.76. The molecule has 0 aliphatic heterocycles. The van der Waals surface area contributed by atoms with Crippen molar-refractivity contribution in [3.63, 3.8) is 0 Å². The highest BCUT2D eigenvalue weighted by molar-refractivity contribution is 9.10. The highest BCUT2D eigenvalue weighted by atomic mass is 79.9. The van der Waals surface area contributed by atoms with E-state index in [9.17, 15) is 4.79 Å². The van der Waals surface area contributed by atoms with Crippen molar-refractivity contribution in [2.75, 3.05) is 12.4 Å². The number of hydrogen-bond acceptors (Lipinski definition) is 5. The quantitative estimate of drug-likeness (QED) is 0.876. The smallest absolute Gasteiger partial charge is 0.341 e. The van der Waals surface area contributed by atoms with Crippen LogP contribution >= 0.6 is 27.3 Å². The van der Waals surface area contributed by atoms with E-state index in [1.165, 1.54) is 7.11 Å². The van der Waals surface area contributed by atoms with Gasteiger partial charge in [0.25, 0.3) is 0 Å². The SMILES string of the molecule is COC(=O)c1cccnc1NCc1sccc1Br. The molecule has 2 rings (SSSR count). The second-order valence-corrected chi connectivity index (χ2v) is 5.29. The molecule has 6 heteroatoms. The number of carbonyl (C=O) groups excluding carboxylic acids is 1. The molecule has 2 heterocycles. The van der Waals surface area contributed by atoms with E-state index < -0.39 is 5.97 Å². The molecule has 0 spiro atoms. The molecule has 94 valence electrons. The minimum Gasteiger partial charge on any atom is -0.465 e. The Morgan fingerprint density at radius 1 is 1.56 bits per heavy atom. The summed E-state index contributed by atoms with van der Waals surface area (Å²) >= 11 is 5.09. The van der Waals surface area contributed by atoms with Gasteiger partial charge in [0.1, 0.15) is 11.4 Å². The van der Waals surface area contributed by atoms with Gasteiger partial charge in [0.15, 0.2) is 0 Å². The number of hydrogen-bond donors (Lipinski definition) is 1. The van der Waals surface area contributed by atoms with Crippen LogP contribution in [0.2, 0.25) is 0 Å². The summed E-state index contributed by atoms with van der Waals surface area (Å²) in [6.07, 6.45) is 1.64. The van der Waals surface area contributed by atoms with E-state index in [0.717, 1.165) is 9.35 Å². The van der Waals surface area contributed by atoms with E-state index in [1.54, 1.807) is 29.7 Å². The van der Waals surface area contributed by atoms with Gasteiger partial charge in [-0.3, -0.25) is 0 Å². The lowest BCUT2D eigenvalue weighted by atomic mass is 10.2. The third-order valence-electron chi connectivity index (χ3n) is 2.32. The Balaban J connectivity index is 2.14. The van der Waals surface area contributed by atoms with E-state index in [4.69, 9.17) is 4.74 Å². The van der Waals surface area contributed by atoms with Gasteiger partial charge in [0.05, 0.1) is 13.7 Å². The Bertz CT molecular complexity index is 557. The first-order valence-corrected chi connectivity index (χ1v) is 6.88. The number of methoxy groups -OCH3 is 1. The fourth-order valence-electron chi connectivity index (χ4n) is 1.44. The number of rotatable bonds is 4. The maximum absolute atomic E-state index is 11.6. The summed E-state index contributed by atoms with van der Waals surface area (Å²) in [7, 11) is 1.36. The van der Waals surface area contributed by atoms with Crippen molar-refractivity contribution in [2.45, 2.75) is 6.54 Å². The van der Waals surface area contributed by atoms with Gasteiger partial charge in [-0.05, 0) is 39.5 Å². The second-order valence-electron chi connectivity index (χ2n) is 3.44. The normalized spacial score (nSPS) is 10.1. The third kappa shape index (κ3) is 2.88. The highest BCUT2D eigenvalue weighted by Gasteiger charge is 2.12. The van der Waals surface area contributed by atoms with Gasteiger partial charge in [0, 0.05) is 15.5 Å². The number of thiophene rings is 1. The molecular formula is C12H11BrN2O2S. The fraction of sp³-hybridized carbons (Fsp3) is 0.167. The number of ether oxygens (including phenoxy) is 1. The van der Waals surface area contributed by atoms with E-state index in [1.807, 2.05) is 11.4 Å². The van der Waals surface area contributed by atoms with E-state index in [0.29, 0.717) is 17.9 Å². The van der Waals surface area contributed by atoms with Crippen molar-refractivity contribution in [1.29, 1.82) is 0 Å². The third-order valence-corrected chi connectivity index (χ3v) is 4.25. The minimum absolute atomic E-state index is 0.393. The topological polar surface area (TPSA) is 51.2 Å².